The molecule has 0 fully saturated rings. The fourth-order valence-corrected chi connectivity index (χ4v) is 12.8. The van der Waals surface area contributed by atoms with E-state index in [-0.39, 0.29) is 0 Å². The lowest BCUT2D eigenvalue weighted by atomic mass is 9.99. The topological polar surface area (TPSA) is 160 Å². The molecule has 13 heterocycles. The number of nitrogens with one attached hydrogen (secondary N) is 2. The summed E-state index contributed by atoms with van der Waals surface area (Å²) in [5.41, 5.74) is 27.2. The minimum absolute atomic E-state index is 0.768. The van der Waals surface area contributed by atoms with E-state index in [1.54, 1.807) is 24.8 Å². The molecule has 0 spiro atoms. The van der Waals surface area contributed by atoms with Crippen molar-refractivity contribution in [3.63, 3.8) is 0 Å². The van der Waals surface area contributed by atoms with Crippen LogP contribution in [-0.2, 0) is 0 Å². The second kappa shape index (κ2) is 24.7. The van der Waals surface area contributed by atoms with Gasteiger partial charge < -0.3 is 9.97 Å². The molecule has 0 unspecified atom stereocenters. The van der Waals surface area contributed by atoms with Crippen molar-refractivity contribution >= 4 is 46.4 Å². The van der Waals surface area contributed by atoms with Crippen molar-refractivity contribution in [1.29, 1.82) is 0 Å². The maximum atomic E-state index is 5.74. The zero-order valence-electron chi connectivity index (χ0n) is 51.5. The molecule has 0 amide bonds. The molecule has 0 saturated heterocycles. The van der Waals surface area contributed by atoms with Crippen molar-refractivity contribution in [2.75, 3.05) is 0 Å². The van der Waals surface area contributed by atoms with Crippen LogP contribution in [0.2, 0.25) is 0 Å². The highest BCUT2D eigenvalue weighted by atomic mass is 14.8. The van der Waals surface area contributed by atoms with Crippen LogP contribution in [-0.4, -0.2) is 59.8 Å². The molecule has 96 heavy (non-hydrogen) atoms. The lowest BCUT2D eigenvalue weighted by Crippen LogP contribution is -1.92. The van der Waals surface area contributed by atoms with Crippen molar-refractivity contribution in [2.45, 2.75) is 0 Å². The molecule has 0 aliphatic carbocycles. The molecule has 15 aromatic rings. The molecule has 0 atom stereocenters. The normalized spacial score (nSPS) is 11.7. The molecular weight excluding hydrogens is 1180 g/mol. The molecule has 17 rings (SSSR count). The highest BCUT2D eigenvalue weighted by Gasteiger charge is 2.22. The molecule has 4 aromatic carbocycles. The lowest BCUT2D eigenvalue weighted by molar-refractivity contribution is 1.25. The van der Waals surface area contributed by atoms with Gasteiger partial charge in [-0.25, -0.2) is 29.9 Å². The second-order valence-electron chi connectivity index (χ2n) is 23.3. The highest BCUT2D eigenvalue weighted by molar-refractivity contribution is 6.01. The number of nitrogens with zero attached hydrogens (tertiary/aromatic N) is 10. The molecule has 0 radical (unpaired) electrons. The SMILES string of the molecule is C1=Cc2nc1c(-c1cccc(-c3cccc(-c4ccccn4)n3)c1)c1ccc([nH]1)c(-c1cccc(-c3cccc(-c4ccccn4)n3)c1)c1nc(c(-c3cccc(-c4cccc(-c5ccccn5)n4)c3)c3ccc([nH]3)c2-c2cccc(-c3cccc(-c4ccccn4)n3)c2)C=C1. The average Bonchev–Trinajstić information content (AvgIpc) is 1.71. The first-order chi connectivity index (χ1) is 47.5. The molecule has 2 N–H and O–H groups in total. The predicted octanol–water partition coefficient (Wildman–Crippen LogP) is 19.8. The minimum atomic E-state index is 0.768. The van der Waals surface area contributed by atoms with E-state index in [4.69, 9.17) is 29.9 Å². The van der Waals surface area contributed by atoms with E-state index < -0.39 is 0 Å². The van der Waals surface area contributed by atoms with Gasteiger partial charge in [0.15, 0.2) is 0 Å². The van der Waals surface area contributed by atoms with E-state index in [0.29, 0.717) is 0 Å². The van der Waals surface area contributed by atoms with Crippen LogP contribution in [0.4, 0.5) is 0 Å². The first kappa shape index (κ1) is 56.6. The Balaban J connectivity index is 0.923. The summed E-state index contributed by atoms with van der Waals surface area (Å²) in [5, 5.41) is 0. The Morgan fingerprint density at radius 2 is 0.396 bits per heavy atom. The van der Waals surface area contributed by atoms with Gasteiger partial charge in [-0.05, 0) is 192 Å². The largest absolute Gasteiger partial charge is 0.354 e. The highest BCUT2D eigenvalue weighted by Crippen LogP contribution is 2.42. The number of fused-ring (bicyclic) bond motifs is 8. The molecule has 0 saturated carbocycles. The Morgan fingerprint density at radius 3 is 0.635 bits per heavy atom. The maximum Gasteiger partial charge on any atom is 0.0893 e. The number of pyridine rings is 8. The van der Waals surface area contributed by atoms with Crippen LogP contribution in [0.3, 0.4) is 0 Å². The van der Waals surface area contributed by atoms with Gasteiger partial charge in [0.1, 0.15) is 0 Å². The average molecular weight is 1230 g/mol. The van der Waals surface area contributed by atoms with Crippen molar-refractivity contribution in [3.8, 4) is 135 Å². The molecule has 8 bridgehead atoms. The third kappa shape index (κ3) is 11.1. The van der Waals surface area contributed by atoms with Crippen LogP contribution in [0.15, 0.2) is 292 Å². The van der Waals surface area contributed by atoms with Crippen LogP contribution in [0.25, 0.3) is 181 Å². The van der Waals surface area contributed by atoms with Crippen molar-refractivity contribution in [1.82, 2.24) is 59.8 Å². The number of rotatable bonds is 12. The number of benzene rings is 4. The van der Waals surface area contributed by atoms with Gasteiger partial charge in [-0.15, -0.1) is 0 Å². The van der Waals surface area contributed by atoms with Gasteiger partial charge in [-0.3, -0.25) is 19.9 Å². The van der Waals surface area contributed by atoms with Crippen LogP contribution >= 0.6 is 0 Å². The molecule has 12 nitrogen and oxygen atoms in total. The Labute approximate surface area is 552 Å². The third-order valence-corrected chi connectivity index (χ3v) is 17.2. The molecule has 2 aliphatic rings. The Hall–Kier alpha value is -13.3. The van der Waals surface area contributed by atoms with Crippen LogP contribution < -0.4 is 0 Å². The minimum Gasteiger partial charge on any atom is -0.354 e. The zero-order chi connectivity index (χ0) is 63.7. The van der Waals surface area contributed by atoms with Crippen LogP contribution in [0, 0.1) is 0 Å². The number of hydrogen-bond donors (Lipinski definition) is 2. The number of hydrogen-bond acceptors (Lipinski definition) is 10. The maximum absolute atomic E-state index is 5.74. The van der Waals surface area contributed by atoms with Gasteiger partial charge in [0.25, 0.3) is 0 Å². The monoisotopic (exact) mass is 1230 g/mol. The van der Waals surface area contributed by atoms with Gasteiger partial charge >= 0.3 is 0 Å². The summed E-state index contributed by atoms with van der Waals surface area (Å²) in [6, 6.07) is 90.7. The zero-order valence-corrected chi connectivity index (χ0v) is 51.5. The first-order valence-electron chi connectivity index (χ1n) is 31.7. The number of aromatic nitrogens is 12. The third-order valence-electron chi connectivity index (χ3n) is 17.2. The molecule has 450 valence electrons. The summed E-state index contributed by atoms with van der Waals surface area (Å²) in [7, 11) is 0. The summed E-state index contributed by atoms with van der Waals surface area (Å²) in [4.78, 5) is 58.7. The van der Waals surface area contributed by atoms with Crippen LogP contribution in [0.5, 0.6) is 0 Å². The predicted molar refractivity (Wildman–Crippen MR) is 386 cm³/mol. The van der Waals surface area contributed by atoms with E-state index in [1.165, 1.54) is 0 Å². The van der Waals surface area contributed by atoms with E-state index >= 15 is 0 Å². The quantitative estimate of drug-likeness (QED) is 0.120. The lowest BCUT2D eigenvalue weighted by Gasteiger charge is -2.10. The van der Waals surface area contributed by atoms with Crippen molar-refractivity contribution in [2.24, 2.45) is 0 Å². The van der Waals surface area contributed by atoms with Gasteiger partial charge in [0.2, 0.25) is 0 Å². The summed E-state index contributed by atoms with van der Waals surface area (Å²) >= 11 is 0. The van der Waals surface area contributed by atoms with E-state index in [2.05, 4.69) is 176 Å². The molecule has 2 aliphatic heterocycles. The smallest absolute Gasteiger partial charge is 0.0893 e. The molecule has 11 aromatic heterocycles. The Morgan fingerprint density at radius 1 is 0.177 bits per heavy atom. The Kier molecular flexibility index (Phi) is 14.6. The fraction of sp³-hybridized carbons (Fsp3) is 0. The molecule has 12 heteroatoms. The van der Waals surface area contributed by atoms with Gasteiger partial charge in [0.05, 0.1) is 91.1 Å². The number of aromatic amines is 2. The number of H-pyrrole nitrogens is 2. The molecular formula is C84H54N12. The van der Waals surface area contributed by atoms with Gasteiger partial charge in [-0.1, -0.05) is 121 Å². The summed E-state index contributed by atoms with van der Waals surface area (Å²) in [6.07, 6.45) is 15.7. The van der Waals surface area contributed by atoms with Crippen molar-refractivity contribution < 1.29 is 0 Å². The summed E-state index contributed by atoms with van der Waals surface area (Å²) in [6.45, 7) is 0. The van der Waals surface area contributed by atoms with E-state index in [9.17, 15) is 0 Å². The van der Waals surface area contributed by atoms with Gasteiger partial charge in [0, 0.05) is 91.4 Å². The first-order valence-corrected chi connectivity index (χ1v) is 31.7. The van der Waals surface area contributed by atoms with E-state index in [1.807, 2.05) is 146 Å². The Bertz CT molecular complexity index is 5030. The van der Waals surface area contributed by atoms with E-state index in [0.717, 1.165) is 180 Å². The summed E-state index contributed by atoms with van der Waals surface area (Å²) < 4.78 is 0. The second-order valence-corrected chi connectivity index (χ2v) is 23.3. The van der Waals surface area contributed by atoms with Crippen LogP contribution in [0.1, 0.15) is 22.8 Å². The fourth-order valence-electron chi connectivity index (χ4n) is 12.8. The van der Waals surface area contributed by atoms with Crippen molar-refractivity contribution in [3.05, 3.63) is 314 Å². The standard InChI is InChI=1S/C84H54N12/c1-5-45-85-65(25-1)69-33-13-29-61(89-69)53-17-9-21-57(49-53)81-73-37-39-75(93-73)82(58-22-10-18-54(50-58)62-30-14-34-70(90-62)66-26-2-6-46-86-66)77-41-43-79(95-77)84(60-24-12-20-56(52-60)64-32-16-36-72(92-64)68-28-4-8-48-88-68)80-44-42-78(96-80)83(76-40-38-74(81)94-76)59-23-11-19-55(51-59)63-31-15-35-71(91-63)67-27-3-7-47-87-67/h1-52,93,96H. The van der Waals surface area contributed by atoms with Gasteiger partial charge in [-0.2, -0.15) is 0 Å². The summed E-state index contributed by atoms with van der Waals surface area (Å²) in [5.74, 6) is 0.